The minimum atomic E-state index is -1.13. The topological polar surface area (TPSA) is 86.7 Å². The second-order valence-corrected chi connectivity index (χ2v) is 4.93. The highest BCUT2D eigenvalue weighted by Crippen LogP contribution is 2.11. The van der Waals surface area contributed by atoms with Crippen LogP contribution in [0.2, 0.25) is 0 Å². The van der Waals surface area contributed by atoms with Gasteiger partial charge in [0.05, 0.1) is 0 Å². The molecule has 106 valence electrons. The number of nitrogens with one attached hydrogen (secondary N) is 1. The first-order valence-corrected chi connectivity index (χ1v) is 6.40. The molecule has 1 aliphatic rings. The lowest BCUT2D eigenvalue weighted by atomic mass is 10.0. The van der Waals surface area contributed by atoms with Crippen LogP contribution in [0.25, 0.3) is 0 Å². The molecule has 0 atom stereocenters. The quantitative estimate of drug-likeness (QED) is 0.722. The van der Waals surface area contributed by atoms with Gasteiger partial charge in [-0.05, 0) is 12.8 Å². The summed E-state index contributed by atoms with van der Waals surface area (Å²) in [7, 11) is 0. The zero-order valence-corrected chi connectivity index (χ0v) is 11.3. The molecule has 1 heterocycles. The highest BCUT2D eigenvalue weighted by atomic mass is 16.4. The lowest BCUT2D eigenvalue weighted by Crippen LogP contribution is -2.47. The normalized spacial score (nSPS) is 16.9. The van der Waals surface area contributed by atoms with E-state index in [2.05, 4.69) is 5.32 Å². The van der Waals surface area contributed by atoms with Crippen molar-refractivity contribution >= 4 is 17.8 Å². The van der Waals surface area contributed by atoms with Crippen molar-refractivity contribution < 1.29 is 19.5 Å². The Morgan fingerprint density at radius 1 is 1.21 bits per heavy atom. The summed E-state index contributed by atoms with van der Waals surface area (Å²) < 4.78 is 0. The van der Waals surface area contributed by atoms with Crippen molar-refractivity contribution in [3.05, 3.63) is 12.2 Å². The van der Waals surface area contributed by atoms with E-state index in [9.17, 15) is 14.4 Å². The lowest BCUT2D eigenvalue weighted by Gasteiger charge is -2.32. The average molecular weight is 268 g/mol. The molecule has 0 aromatic heterocycles. The van der Waals surface area contributed by atoms with Crippen LogP contribution in [-0.4, -0.2) is 46.9 Å². The number of carboxylic acids is 1. The first-order valence-electron chi connectivity index (χ1n) is 6.40. The number of rotatable bonds is 4. The number of hydrogen-bond acceptors (Lipinski definition) is 3. The van der Waals surface area contributed by atoms with Crippen LogP contribution in [0.4, 0.5) is 0 Å². The molecular formula is C13H20N2O4. The van der Waals surface area contributed by atoms with Crippen molar-refractivity contribution in [2.75, 3.05) is 13.1 Å². The van der Waals surface area contributed by atoms with Gasteiger partial charge in [-0.3, -0.25) is 9.59 Å². The Balaban J connectivity index is 2.38. The van der Waals surface area contributed by atoms with Gasteiger partial charge in [-0.2, -0.15) is 0 Å². The van der Waals surface area contributed by atoms with Crippen LogP contribution in [-0.2, 0) is 14.4 Å². The Hall–Kier alpha value is -1.85. The molecule has 0 unspecified atom stereocenters. The maximum atomic E-state index is 11.6. The van der Waals surface area contributed by atoms with E-state index in [1.54, 1.807) is 4.90 Å². The van der Waals surface area contributed by atoms with Crippen molar-refractivity contribution in [1.82, 2.24) is 10.2 Å². The second kappa shape index (κ2) is 6.92. The molecule has 0 saturated carbocycles. The molecule has 0 aromatic rings. The molecule has 2 N–H and O–H groups in total. The fraction of sp³-hybridized carbons (Fsp3) is 0.615. The molecule has 1 saturated heterocycles. The van der Waals surface area contributed by atoms with Crippen molar-refractivity contribution in [2.24, 2.45) is 5.92 Å². The van der Waals surface area contributed by atoms with Gasteiger partial charge in [0.25, 0.3) is 0 Å². The number of carboxylic acid groups (broad SMARTS) is 1. The van der Waals surface area contributed by atoms with Gasteiger partial charge in [0.15, 0.2) is 0 Å². The molecule has 0 radical (unpaired) electrons. The third-order valence-corrected chi connectivity index (χ3v) is 3.05. The molecule has 19 heavy (non-hydrogen) atoms. The van der Waals surface area contributed by atoms with E-state index < -0.39 is 5.97 Å². The number of nitrogens with zero attached hydrogens (tertiary/aromatic N) is 1. The zero-order valence-electron chi connectivity index (χ0n) is 11.3. The van der Waals surface area contributed by atoms with Crippen LogP contribution >= 0.6 is 0 Å². The lowest BCUT2D eigenvalue weighted by molar-refractivity contribution is -0.132. The summed E-state index contributed by atoms with van der Waals surface area (Å²) in [6.45, 7) is 4.74. The molecule has 0 aromatic carbocycles. The van der Waals surface area contributed by atoms with E-state index in [0.717, 1.165) is 12.2 Å². The minimum Gasteiger partial charge on any atom is -0.478 e. The molecule has 0 bridgehead atoms. The number of piperidine rings is 1. The van der Waals surface area contributed by atoms with Gasteiger partial charge in [-0.15, -0.1) is 0 Å². The van der Waals surface area contributed by atoms with Crippen LogP contribution in [0.5, 0.6) is 0 Å². The summed E-state index contributed by atoms with van der Waals surface area (Å²) in [6.07, 6.45) is 3.31. The Morgan fingerprint density at radius 3 is 2.26 bits per heavy atom. The van der Waals surface area contributed by atoms with Crippen molar-refractivity contribution in [1.29, 1.82) is 0 Å². The van der Waals surface area contributed by atoms with Crippen molar-refractivity contribution in [3.8, 4) is 0 Å². The van der Waals surface area contributed by atoms with E-state index in [1.807, 2.05) is 13.8 Å². The second-order valence-electron chi connectivity index (χ2n) is 4.93. The van der Waals surface area contributed by atoms with E-state index in [1.165, 1.54) is 0 Å². The van der Waals surface area contributed by atoms with Crippen LogP contribution in [0.3, 0.4) is 0 Å². The Labute approximate surface area is 112 Å². The maximum Gasteiger partial charge on any atom is 0.328 e. The van der Waals surface area contributed by atoms with Gasteiger partial charge < -0.3 is 15.3 Å². The van der Waals surface area contributed by atoms with Crippen molar-refractivity contribution in [2.45, 2.75) is 32.7 Å². The van der Waals surface area contributed by atoms with Crippen LogP contribution in [0.1, 0.15) is 26.7 Å². The van der Waals surface area contributed by atoms with E-state index in [4.69, 9.17) is 5.11 Å². The highest BCUT2D eigenvalue weighted by Gasteiger charge is 2.23. The van der Waals surface area contributed by atoms with Gasteiger partial charge in [0.2, 0.25) is 11.8 Å². The van der Waals surface area contributed by atoms with E-state index >= 15 is 0 Å². The van der Waals surface area contributed by atoms with E-state index in [0.29, 0.717) is 25.9 Å². The summed E-state index contributed by atoms with van der Waals surface area (Å²) in [5, 5.41) is 11.4. The highest BCUT2D eigenvalue weighted by molar-refractivity contribution is 5.93. The Bertz CT molecular complexity index is 382. The van der Waals surface area contributed by atoms with Crippen LogP contribution < -0.4 is 5.32 Å². The molecule has 0 aliphatic carbocycles. The van der Waals surface area contributed by atoms with Crippen molar-refractivity contribution in [3.63, 3.8) is 0 Å². The SMILES string of the molecule is CC(C)C(=O)NC1CCN(C(=O)/C=C/C(=O)O)CC1. The summed E-state index contributed by atoms with van der Waals surface area (Å²) in [5.41, 5.74) is 0. The molecule has 2 amide bonds. The fourth-order valence-corrected chi connectivity index (χ4v) is 1.86. The standard InChI is InChI=1S/C13H20N2O4/c1-9(2)13(19)14-10-5-7-15(8-6-10)11(16)3-4-12(17)18/h3-4,9-10H,5-8H2,1-2H3,(H,14,19)(H,17,18)/b4-3+. The number of carbonyl (C=O) groups is 3. The number of likely N-dealkylation sites (tertiary alicyclic amines) is 1. The smallest absolute Gasteiger partial charge is 0.328 e. The predicted molar refractivity (Wildman–Crippen MR) is 69.4 cm³/mol. The average Bonchev–Trinajstić information content (AvgIpc) is 2.36. The summed E-state index contributed by atoms with van der Waals surface area (Å²) >= 11 is 0. The molecule has 1 fully saturated rings. The molecule has 6 heteroatoms. The van der Waals surface area contributed by atoms with Gasteiger partial charge in [-0.1, -0.05) is 13.8 Å². The molecule has 1 aliphatic heterocycles. The third kappa shape index (κ3) is 5.11. The number of carbonyl (C=O) groups excluding carboxylic acids is 2. The Kier molecular flexibility index (Phi) is 5.54. The van der Waals surface area contributed by atoms with E-state index in [-0.39, 0.29) is 23.8 Å². The first-order chi connectivity index (χ1) is 8.90. The van der Waals surface area contributed by atoms with Crippen LogP contribution in [0.15, 0.2) is 12.2 Å². The van der Waals surface area contributed by atoms with Gasteiger partial charge in [-0.25, -0.2) is 4.79 Å². The maximum absolute atomic E-state index is 11.6. The number of aliphatic carboxylic acids is 1. The first kappa shape index (κ1) is 15.2. The molecular weight excluding hydrogens is 248 g/mol. The fourth-order valence-electron chi connectivity index (χ4n) is 1.86. The predicted octanol–water partition coefficient (Wildman–Crippen LogP) is 0.390. The monoisotopic (exact) mass is 268 g/mol. The number of hydrogen-bond donors (Lipinski definition) is 2. The minimum absolute atomic E-state index is 0.0237. The largest absolute Gasteiger partial charge is 0.478 e. The molecule has 1 rings (SSSR count). The van der Waals surface area contributed by atoms with Gasteiger partial charge in [0.1, 0.15) is 0 Å². The molecule has 0 spiro atoms. The number of amides is 2. The Morgan fingerprint density at radius 2 is 1.79 bits per heavy atom. The third-order valence-electron chi connectivity index (χ3n) is 3.05. The summed E-state index contributed by atoms with van der Waals surface area (Å²) in [5.74, 6) is -1.45. The van der Waals surface area contributed by atoms with Gasteiger partial charge in [0, 0.05) is 37.2 Å². The zero-order chi connectivity index (χ0) is 14.4. The van der Waals surface area contributed by atoms with Gasteiger partial charge >= 0.3 is 5.97 Å². The summed E-state index contributed by atoms with van der Waals surface area (Å²) in [6, 6.07) is 0.0994. The summed E-state index contributed by atoms with van der Waals surface area (Å²) in [4.78, 5) is 35.1. The molecule has 6 nitrogen and oxygen atoms in total. The van der Waals surface area contributed by atoms with Crippen LogP contribution in [0, 0.1) is 5.92 Å².